The maximum absolute atomic E-state index is 12.3. The first kappa shape index (κ1) is 14.7. The minimum atomic E-state index is -1.35. The highest BCUT2D eigenvalue weighted by Gasteiger charge is 2.80. The lowest BCUT2D eigenvalue weighted by molar-refractivity contribution is -0.240. The fourth-order valence-electron chi connectivity index (χ4n) is 4.71. The van der Waals surface area contributed by atoms with Gasteiger partial charge in [-0.1, -0.05) is 6.42 Å². The van der Waals surface area contributed by atoms with Gasteiger partial charge in [0.15, 0.2) is 5.60 Å². The topological polar surface area (TPSA) is 88.2 Å². The Bertz CT molecular complexity index is 542. The van der Waals surface area contributed by atoms with Gasteiger partial charge in [-0.3, -0.25) is 4.79 Å². The highest BCUT2D eigenvalue weighted by molar-refractivity contribution is 6.18. The molecule has 1 aliphatic carbocycles. The van der Waals surface area contributed by atoms with E-state index in [4.69, 9.17) is 21.1 Å². The molecule has 22 heavy (non-hydrogen) atoms. The summed E-state index contributed by atoms with van der Waals surface area (Å²) >= 11 is 5.78. The summed E-state index contributed by atoms with van der Waals surface area (Å²) < 4.78 is 11.0. The van der Waals surface area contributed by atoms with Crippen LogP contribution in [-0.4, -0.2) is 52.3 Å². The summed E-state index contributed by atoms with van der Waals surface area (Å²) in [7, 11) is 0. The Labute approximate surface area is 133 Å². The SMILES string of the molecule is C[C@@]12OC(=O)[C@]1([C@@H](O)[C@H]1CCCC3OC31)NC(=O)[C@@H]2CCCl. The first-order valence-corrected chi connectivity index (χ1v) is 8.44. The largest absolute Gasteiger partial charge is 0.453 e. The minimum absolute atomic E-state index is 0.000228. The number of epoxide rings is 1. The Balaban J connectivity index is 1.66. The van der Waals surface area contributed by atoms with Gasteiger partial charge >= 0.3 is 5.97 Å². The van der Waals surface area contributed by atoms with Gasteiger partial charge in [-0.15, -0.1) is 11.6 Å². The average molecular weight is 330 g/mol. The predicted octanol–water partition coefficient (Wildman–Crippen LogP) is 0.344. The molecule has 0 aromatic rings. The van der Waals surface area contributed by atoms with Crippen molar-refractivity contribution < 1.29 is 24.2 Å². The number of carbonyl (C=O) groups excluding carboxylic acids is 2. The van der Waals surface area contributed by atoms with Crippen molar-refractivity contribution in [3.8, 4) is 0 Å². The molecule has 0 spiro atoms. The molecule has 3 saturated heterocycles. The van der Waals surface area contributed by atoms with Crippen molar-refractivity contribution in [2.45, 2.75) is 62.1 Å². The zero-order valence-electron chi connectivity index (χ0n) is 12.4. The van der Waals surface area contributed by atoms with Crippen molar-refractivity contribution in [1.82, 2.24) is 5.32 Å². The van der Waals surface area contributed by atoms with Gasteiger partial charge in [0.2, 0.25) is 11.4 Å². The van der Waals surface area contributed by atoms with E-state index in [1.807, 2.05) is 0 Å². The molecule has 7 atom stereocenters. The standard InChI is InChI=1S/C15H20ClNO5/c1-14-8(5-6-16)12(19)17-15(14,13(20)22-14)11(18)7-3-2-4-9-10(7)21-9/h7-11,18H,2-6H2,1H3,(H,17,19)/t7-,8-,9?,10?,11-,14-,15-/m0/s1. The average Bonchev–Trinajstić information content (AvgIpc) is 3.25. The number of ether oxygens (including phenoxy) is 2. The molecule has 3 aliphatic heterocycles. The van der Waals surface area contributed by atoms with Crippen molar-refractivity contribution in [2.24, 2.45) is 11.8 Å². The molecule has 7 heteroatoms. The van der Waals surface area contributed by atoms with E-state index in [-0.39, 0.29) is 24.0 Å². The first-order valence-electron chi connectivity index (χ1n) is 7.90. The van der Waals surface area contributed by atoms with Crippen molar-refractivity contribution in [3.05, 3.63) is 0 Å². The summed E-state index contributed by atoms with van der Waals surface area (Å²) in [6.07, 6.45) is 2.39. The molecular formula is C15H20ClNO5. The third-order valence-corrected chi connectivity index (χ3v) is 6.25. The maximum atomic E-state index is 12.3. The summed E-state index contributed by atoms with van der Waals surface area (Å²) in [6.45, 7) is 1.72. The van der Waals surface area contributed by atoms with Gasteiger partial charge in [0.05, 0.1) is 24.2 Å². The van der Waals surface area contributed by atoms with Crippen LogP contribution in [-0.2, 0) is 19.1 Å². The summed E-state index contributed by atoms with van der Waals surface area (Å²) in [5.41, 5.74) is -2.38. The summed E-state index contributed by atoms with van der Waals surface area (Å²) in [5, 5.41) is 13.7. The van der Waals surface area contributed by atoms with Crippen LogP contribution in [0, 0.1) is 11.8 Å². The van der Waals surface area contributed by atoms with Crippen LogP contribution in [0.5, 0.6) is 0 Å². The third-order valence-electron chi connectivity index (χ3n) is 6.03. The van der Waals surface area contributed by atoms with Crippen LogP contribution >= 0.6 is 11.6 Å². The van der Waals surface area contributed by atoms with Crippen LogP contribution in [0.2, 0.25) is 0 Å². The molecule has 2 N–H and O–H groups in total. The Morgan fingerprint density at radius 1 is 1.45 bits per heavy atom. The lowest BCUT2D eigenvalue weighted by Crippen LogP contribution is -2.80. The lowest BCUT2D eigenvalue weighted by atomic mass is 9.64. The summed E-state index contributed by atoms with van der Waals surface area (Å²) in [5.74, 6) is -1.17. The maximum Gasteiger partial charge on any atom is 0.339 e. The number of fused-ring (bicyclic) bond motifs is 2. The van der Waals surface area contributed by atoms with E-state index in [0.717, 1.165) is 19.3 Å². The van der Waals surface area contributed by atoms with Crippen molar-refractivity contribution in [1.29, 1.82) is 0 Å². The minimum Gasteiger partial charge on any atom is -0.453 e. The van der Waals surface area contributed by atoms with E-state index in [2.05, 4.69) is 5.32 Å². The van der Waals surface area contributed by atoms with Crippen molar-refractivity contribution in [3.63, 3.8) is 0 Å². The second-order valence-electron chi connectivity index (χ2n) is 7.00. The summed E-state index contributed by atoms with van der Waals surface area (Å²) in [6, 6.07) is 0. The molecule has 0 radical (unpaired) electrons. The molecule has 6 nitrogen and oxygen atoms in total. The van der Waals surface area contributed by atoms with Gasteiger partial charge in [0, 0.05) is 11.8 Å². The van der Waals surface area contributed by atoms with E-state index in [0.29, 0.717) is 12.3 Å². The number of hydrogen-bond acceptors (Lipinski definition) is 5. The van der Waals surface area contributed by atoms with Crippen LogP contribution in [0.3, 0.4) is 0 Å². The Hall–Kier alpha value is -0.850. The monoisotopic (exact) mass is 329 g/mol. The Morgan fingerprint density at radius 2 is 2.23 bits per heavy atom. The molecule has 0 aromatic carbocycles. The molecule has 0 bridgehead atoms. The molecule has 122 valence electrons. The van der Waals surface area contributed by atoms with Gasteiger partial charge < -0.3 is 19.9 Å². The van der Waals surface area contributed by atoms with Crippen molar-refractivity contribution >= 4 is 23.5 Å². The van der Waals surface area contributed by atoms with Crippen LogP contribution in [0.4, 0.5) is 0 Å². The molecule has 4 fully saturated rings. The molecule has 3 heterocycles. The molecule has 0 aromatic heterocycles. The molecule has 2 unspecified atom stereocenters. The number of rotatable bonds is 4. The number of alkyl halides is 1. The normalized spacial score (nSPS) is 50.3. The number of carbonyl (C=O) groups is 2. The van der Waals surface area contributed by atoms with Gasteiger partial charge in [0.1, 0.15) is 0 Å². The van der Waals surface area contributed by atoms with Gasteiger partial charge in [-0.25, -0.2) is 4.79 Å². The first-order chi connectivity index (χ1) is 10.5. The van der Waals surface area contributed by atoms with Gasteiger partial charge in [-0.2, -0.15) is 0 Å². The number of amides is 1. The predicted molar refractivity (Wildman–Crippen MR) is 76.2 cm³/mol. The fraction of sp³-hybridized carbons (Fsp3) is 0.867. The Kier molecular flexibility index (Phi) is 3.07. The summed E-state index contributed by atoms with van der Waals surface area (Å²) in [4.78, 5) is 24.6. The smallest absolute Gasteiger partial charge is 0.339 e. The highest BCUT2D eigenvalue weighted by atomic mass is 35.5. The highest BCUT2D eigenvalue weighted by Crippen LogP contribution is 2.55. The van der Waals surface area contributed by atoms with E-state index in [9.17, 15) is 14.7 Å². The zero-order chi connectivity index (χ0) is 15.7. The second kappa shape index (κ2) is 4.58. The second-order valence-corrected chi connectivity index (χ2v) is 7.38. The number of aliphatic hydroxyl groups is 1. The molecule has 1 amide bonds. The molecule has 4 aliphatic rings. The number of nitrogens with one attached hydrogen (secondary N) is 1. The number of hydrogen-bond donors (Lipinski definition) is 2. The van der Waals surface area contributed by atoms with E-state index >= 15 is 0 Å². The van der Waals surface area contributed by atoms with Crippen LogP contribution in [0.15, 0.2) is 0 Å². The zero-order valence-corrected chi connectivity index (χ0v) is 13.1. The Morgan fingerprint density at radius 3 is 2.91 bits per heavy atom. The fourth-order valence-corrected chi connectivity index (χ4v) is 4.93. The van der Waals surface area contributed by atoms with E-state index in [1.165, 1.54) is 0 Å². The molecule has 1 saturated carbocycles. The number of halogens is 1. The van der Waals surface area contributed by atoms with Gasteiger partial charge in [0.25, 0.3) is 0 Å². The van der Waals surface area contributed by atoms with Crippen LogP contribution in [0.1, 0.15) is 32.6 Å². The van der Waals surface area contributed by atoms with Crippen LogP contribution in [0.25, 0.3) is 0 Å². The molecule has 4 rings (SSSR count). The molecular weight excluding hydrogens is 310 g/mol. The van der Waals surface area contributed by atoms with E-state index in [1.54, 1.807) is 6.92 Å². The van der Waals surface area contributed by atoms with Gasteiger partial charge in [-0.05, 0) is 26.2 Å². The number of esters is 1. The third kappa shape index (κ3) is 1.58. The van der Waals surface area contributed by atoms with E-state index < -0.39 is 29.1 Å². The van der Waals surface area contributed by atoms with Crippen molar-refractivity contribution in [2.75, 3.05) is 5.88 Å². The lowest BCUT2D eigenvalue weighted by Gasteiger charge is -2.54. The quantitative estimate of drug-likeness (QED) is 0.441. The van der Waals surface area contributed by atoms with Crippen LogP contribution < -0.4 is 5.32 Å². The number of aliphatic hydroxyl groups excluding tert-OH is 1.